The quantitative estimate of drug-likeness (QED) is 0.484. The second kappa shape index (κ2) is 10.4. The number of methoxy groups -OCH3 is 2. The molecule has 1 aliphatic heterocycles. The number of nitrogens with zero attached hydrogens (tertiary/aromatic N) is 1. The van der Waals surface area contributed by atoms with E-state index >= 15 is 0 Å². The van der Waals surface area contributed by atoms with Crippen LogP contribution in [0, 0.1) is 0 Å². The van der Waals surface area contributed by atoms with E-state index in [9.17, 15) is 14.7 Å². The lowest BCUT2D eigenvalue weighted by Gasteiger charge is -2.33. The Labute approximate surface area is 204 Å². The van der Waals surface area contributed by atoms with Crippen LogP contribution in [0.2, 0.25) is 0 Å². The Morgan fingerprint density at radius 3 is 2.60 bits per heavy atom. The summed E-state index contributed by atoms with van der Waals surface area (Å²) in [6, 6.07) is 8.31. The standard InChI is InChI=1S/C27H31NO7/c1-5-34-27(31)26-23(17-9-12-21(32-3)22(14-17)33-4)24(30)18-10-11-20(29)19(25(18)35-26)15-28-13-7-6-8-16(28)2/h9-12,14,16,29H,5-8,13,15H2,1-4H3/t16-/m0/s1. The second-order valence-electron chi connectivity index (χ2n) is 8.68. The zero-order valence-electron chi connectivity index (χ0n) is 20.6. The van der Waals surface area contributed by atoms with Gasteiger partial charge in [0.25, 0.3) is 0 Å². The van der Waals surface area contributed by atoms with E-state index in [4.69, 9.17) is 18.6 Å². The summed E-state index contributed by atoms with van der Waals surface area (Å²) >= 11 is 0. The van der Waals surface area contributed by atoms with Crippen LogP contribution in [0.25, 0.3) is 22.1 Å². The average Bonchev–Trinajstić information content (AvgIpc) is 2.86. The Kier molecular flexibility index (Phi) is 7.31. The Morgan fingerprint density at radius 2 is 1.91 bits per heavy atom. The lowest BCUT2D eigenvalue weighted by molar-refractivity contribution is 0.0491. The Hall–Kier alpha value is -3.52. The number of carbonyl (C=O) groups is 1. The molecule has 186 valence electrons. The van der Waals surface area contributed by atoms with E-state index in [1.54, 1.807) is 25.1 Å². The molecule has 2 heterocycles. The highest BCUT2D eigenvalue weighted by Gasteiger charge is 2.27. The summed E-state index contributed by atoms with van der Waals surface area (Å²) in [6.07, 6.45) is 3.29. The molecular weight excluding hydrogens is 450 g/mol. The van der Waals surface area contributed by atoms with Gasteiger partial charge in [0.05, 0.1) is 37.3 Å². The number of rotatable bonds is 7. The van der Waals surface area contributed by atoms with Gasteiger partial charge in [0.1, 0.15) is 11.3 Å². The number of hydrogen-bond acceptors (Lipinski definition) is 8. The van der Waals surface area contributed by atoms with Crippen LogP contribution in [0.4, 0.5) is 0 Å². The first-order valence-electron chi connectivity index (χ1n) is 11.8. The molecule has 1 aromatic heterocycles. The fraction of sp³-hybridized carbons (Fsp3) is 0.407. The molecule has 0 saturated carbocycles. The second-order valence-corrected chi connectivity index (χ2v) is 8.68. The van der Waals surface area contributed by atoms with Crippen molar-refractivity contribution in [3.63, 3.8) is 0 Å². The van der Waals surface area contributed by atoms with Gasteiger partial charge in [0.15, 0.2) is 11.5 Å². The molecule has 4 rings (SSSR count). The minimum absolute atomic E-state index is 0.0205. The summed E-state index contributed by atoms with van der Waals surface area (Å²) < 4.78 is 22.1. The van der Waals surface area contributed by atoms with Gasteiger partial charge in [-0.3, -0.25) is 9.69 Å². The molecule has 3 aromatic rings. The predicted molar refractivity (Wildman–Crippen MR) is 132 cm³/mol. The highest BCUT2D eigenvalue weighted by Crippen LogP contribution is 2.36. The van der Waals surface area contributed by atoms with Crippen LogP contribution in [0.15, 0.2) is 39.5 Å². The summed E-state index contributed by atoms with van der Waals surface area (Å²) in [7, 11) is 3.01. The Balaban J connectivity index is 1.95. The van der Waals surface area contributed by atoms with Crippen molar-refractivity contribution < 1.29 is 28.5 Å². The van der Waals surface area contributed by atoms with Gasteiger partial charge in [-0.25, -0.2) is 4.79 Å². The number of hydrogen-bond donors (Lipinski definition) is 1. The highest BCUT2D eigenvalue weighted by atomic mass is 16.5. The summed E-state index contributed by atoms with van der Waals surface area (Å²) in [6.45, 7) is 5.24. The number of fused-ring (bicyclic) bond motifs is 1. The molecular formula is C27H31NO7. The lowest BCUT2D eigenvalue weighted by atomic mass is 9.98. The summed E-state index contributed by atoms with van der Waals surface area (Å²) in [5, 5.41) is 11.0. The molecule has 0 amide bonds. The van der Waals surface area contributed by atoms with Gasteiger partial charge >= 0.3 is 5.97 Å². The first-order chi connectivity index (χ1) is 16.9. The van der Waals surface area contributed by atoms with Crippen molar-refractivity contribution in [2.45, 2.75) is 45.7 Å². The molecule has 1 fully saturated rings. The first kappa shape index (κ1) is 24.6. The molecule has 1 aliphatic rings. The van der Waals surface area contributed by atoms with Crippen molar-refractivity contribution in [1.29, 1.82) is 0 Å². The third-order valence-electron chi connectivity index (χ3n) is 6.57. The summed E-state index contributed by atoms with van der Waals surface area (Å²) in [5.74, 6) is -0.0501. The summed E-state index contributed by atoms with van der Waals surface area (Å²) in [5.41, 5.74) is 0.785. The van der Waals surface area contributed by atoms with Gasteiger partial charge in [-0.15, -0.1) is 0 Å². The number of likely N-dealkylation sites (tertiary alicyclic amines) is 1. The SMILES string of the molecule is CCOC(=O)c1oc2c(CN3CCCC[C@@H]3C)c(O)ccc2c(=O)c1-c1ccc(OC)c(OC)c1. The Morgan fingerprint density at radius 1 is 1.14 bits per heavy atom. The largest absolute Gasteiger partial charge is 0.507 e. The lowest BCUT2D eigenvalue weighted by Crippen LogP contribution is -2.36. The van der Waals surface area contributed by atoms with Crippen LogP contribution in [-0.4, -0.2) is 49.4 Å². The molecule has 8 heteroatoms. The number of phenolic OH excluding ortho intramolecular Hbond substituents is 1. The minimum Gasteiger partial charge on any atom is -0.507 e. The normalized spacial score (nSPS) is 16.3. The van der Waals surface area contributed by atoms with Crippen molar-refractivity contribution in [1.82, 2.24) is 4.90 Å². The fourth-order valence-corrected chi connectivity index (χ4v) is 4.65. The maximum absolute atomic E-state index is 13.8. The van der Waals surface area contributed by atoms with E-state index in [0.717, 1.165) is 25.8 Å². The molecule has 0 radical (unpaired) electrons. The average molecular weight is 482 g/mol. The molecule has 8 nitrogen and oxygen atoms in total. The zero-order chi connectivity index (χ0) is 25.1. The van der Waals surface area contributed by atoms with Crippen molar-refractivity contribution in [2.24, 2.45) is 0 Å². The molecule has 1 saturated heterocycles. The van der Waals surface area contributed by atoms with Crippen LogP contribution >= 0.6 is 0 Å². The van der Waals surface area contributed by atoms with Gasteiger partial charge in [-0.2, -0.15) is 0 Å². The molecule has 35 heavy (non-hydrogen) atoms. The number of carbonyl (C=O) groups excluding carboxylic acids is 1. The van der Waals surface area contributed by atoms with E-state index in [2.05, 4.69) is 11.8 Å². The van der Waals surface area contributed by atoms with E-state index in [1.807, 2.05) is 0 Å². The van der Waals surface area contributed by atoms with E-state index in [-0.39, 0.29) is 34.6 Å². The predicted octanol–water partition coefficient (Wildman–Crippen LogP) is 4.73. The van der Waals surface area contributed by atoms with Crippen LogP contribution in [0.1, 0.15) is 49.2 Å². The number of phenols is 1. The molecule has 0 unspecified atom stereocenters. The molecule has 2 aromatic carbocycles. The van der Waals surface area contributed by atoms with E-state index in [1.165, 1.54) is 26.4 Å². The minimum atomic E-state index is -0.753. The topological polar surface area (TPSA) is 98.4 Å². The fourth-order valence-electron chi connectivity index (χ4n) is 4.65. The first-order valence-corrected chi connectivity index (χ1v) is 11.8. The van der Waals surface area contributed by atoms with Crippen LogP contribution < -0.4 is 14.9 Å². The van der Waals surface area contributed by atoms with Gasteiger partial charge in [0, 0.05) is 12.6 Å². The van der Waals surface area contributed by atoms with Gasteiger partial charge < -0.3 is 23.7 Å². The smallest absolute Gasteiger partial charge is 0.375 e. The number of piperidine rings is 1. The monoisotopic (exact) mass is 481 g/mol. The number of ether oxygens (including phenoxy) is 3. The van der Waals surface area contributed by atoms with Gasteiger partial charge in [0.2, 0.25) is 11.2 Å². The molecule has 1 atom stereocenters. The summed E-state index contributed by atoms with van der Waals surface area (Å²) in [4.78, 5) is 29.0. The number of aromatic hydroxyl groups is 1. The number of esters is 1. The van der Waals surface area contributed by atoms with Crippen molar-refractivity contribution in [3.05, 3.63) is 51.9 Å². The van der Waals surface area contributed by atoms with E-state index in [0.29, 0.717) is 35.2 Å². The van der Waals surface area contributed by atoms with Gasteiger partial charge in [-0.05, 0) is 63.1 Å². The number of benzene rings is 2. The Bertz CT molecular complexity index is 1300. The van der Waals surface area contributed by atoms with Crippen molar-refractivity contribution in [2.75, 3.05) is 27.4 Å². The van der Waals surface area contributed by atoms with Crippen LogP contribution in [0.3, 0.4) is 0 Å². The third kappa shape index (κ3) is 4.71. The van der Waals surface area contributed by atoms with Crippen LogP contribution in [0.5, 0.6) is 17.2 Å². The third-order valence-corrected chi connectivity index (χ3v) is 6.57. The molecule has 0 bridgehead atoms. The molecule has 0 aliphatic carbocycles. The van der Waals surface area contributed by atoms with E-state index < -0.39 is 11.4 Å². The maximum atomic E-state index is 13.8. The zero-order valence-corrected chi connectivity index (χ0v) is 20.6. The van der Waals surface area contributed by atoms with Crippen LogP contribution in [-0.2, 0) is 11.3 Å². The molecule has 1 N–H and O–H groups in total. The van der Waals surface area contributed by atoms with Crippen molar-refractivity contribution in [3.8, 4) is 28.4 Å². The molecule has 0 spiro atoms. The van der Waals surface area contributed by atoms with Crippen molar-refractivity contribution >= 4 is 16.9 Å². The highest BCUT2D eigenvalue weighted by molar-refractivity contribution is 5.98. The van der Waals surface area contributed by atoms with Gasteiger partial charge in [-0.1, -0.05) is 12.5 Å². The maximum Gasteiger partial charge on any atom is 0.375 e.